The van der Waals surface area contributed by atoms with Crippen LogP contribution in [0.15, 0.2) is 48.5 Å². The lowest BCUT2D eigenvalue weighted by Crippen LogP contribution is -2.26. The van der Waals surface area contributed by atoms with Gasteiger partial charge in [-0.25, -0.2) is 4.98 Å². The highest BCUT2D eigenvalue weighted by Crippen LogP contribution is 2.32. The van der Waals surface area contributed by atoms with Crippen LogP contribution in [0.2, 0.25) is 5.02 Å². The van der Waals surface area contributed by atoms with Crippen LogP contribution in [0, 0.1) is 6.92 Å². The highest BCUT2D eigenvalue weighted by atomic mass is 35.5. The summed E-state index contributed by atoms with van der Waals surface area (Å²) in [5, 5.41) is 5.38. The van der Waals surface area contributed by atoms with Gasteiger partial charge in [0.25, 0.3) is 0 Å². The third-order valence-corrected chi connectivity index (χ3v) is 3.87. The second-order valence-electron chi connectivity index (χ2n) is 6.96. The third-order valence-electron chi connectivity index (χ3n) is 3.62. The van der Waals surface area contributed by atoms with E-state index in [9.17, 15) is 0 Å². The number of benzene rings is 2. The molecular weight excluding hydrogens is 304 g/mol. The number of nitrogens with one attached hydrogen (secondary N) is 1. The van der Waals surface area contributed by atoms with Crippen molar-refractivity contribution in [1.82, 2.24) is 4.98 Å². The summed E-state index contributed by atoms with van der Waals surface area (Å²) in [4.78, 5) is 4.77. The number of nitrogens with zero attached hydrogens (tertiary/aromatic N) is 1. The number of aromatic nitrogens is 1. The van der Waals surface area contributed by atoms with E-state index in [4.69, 9.17) is 16.6 Å². The zero-order valence-electron chi connectivity index (χ0n) is 13.9. The lowest BCUT2D eigenvalue weighted by molar-refractivity contribution is 0.631. The number of pyridine rings is 1. The molecule has 0 fully saturated rings. The molecule has 2 aromatic carbocycles. The summed E-state index contributed by atoms with van der Waals surface area (Å²) in [6.45, 7) is 8.51. The molecule has 0 saturated heterocycles. The van der Waals surface area contributed by atoms with Crippen molar-refractivity contribution in [2.75, 3.05) is 5.32 Å². The first-order valence-electron chi connectivity index (χ1n) is 7.77. The SMILES string of the molecule is Cc1ccc2nc(NC(C)(C)C)cc(-c3ccc(Cl)cc3)c2c1. The maximum Gasteiger partial charge on any atom is 0.127 e. The molecule has 3 heteroatoms. The number of rotatable bonds is 2. The van der Waals surface area contributed by atoms with Crippen molar-refractivity contribution in [3.05, 3.63) is 59.1 Å². The topological polar surface area (TPSA) is 24.9 Å². The first kappa shape index (κ1) is 15.8. The molecule has 2 nitrogen and oxygen atoms in total. The van der Waals surface area contributed by atoms with Gasteiger partial charge in [-0.1, -0.05) is 35.4 Å². The van der Waals surface area contributed by atoms with Crippen molar-refractivity contribution < 1.29 is 0 Å². The van der Waals surface area contributed by atoms with Gasteiger partial charge >= 0.3 is 0 Å². The molecule has 0 spiro atoms. The Balaban J connectivity index is 2.23. The number of fused-ring (bicyclic) bond motifs is 1. The van der Waals surface area contributed by atoms with Crippen LogP contribution >= 0.6 is 11.6 Å². The van der Waals surface area contributed by atoms with Crippen molar-refractivity contribution in [2.45, 2.75) is 33.2 Å². The fourth-order valence-electron chi connectivity index (χ4n) is 2.66. The van der Waals surface area contributed by atoms with Gasteiger partial charge < -0.3 is 5.32 Å². The molecule has 0 aliphatic heterocycles. The zero-order valence-corrected chi connectivity index (χ0v) is 14.7. The molecule has 3 rings (SSSR count). The first-order valence-corrected chi connectivity index (χ1v) is 8.15. The molecule has 0 radical (unpaired) electrons. The predicted octanol–water partition coefficient (Wildman–Crippen LogP) is 6.07. The van der Waals surface area contributed by atoms with Crippen molar-refractivity contribution in [3.8, 4) is 11.1 Å². The Kier molecular flexibility index (Phi) is 4.03. The lowest BCUT2D eigenvalue weighted by Gasteiger charge is -2.22. The maximum absolute atomic E-state index is 6.04. The lowest BCUT2D eigenvalue weighted by atomic mass is 9.99. The van der Waals surface area contributed by atoms with Crippen molar-refractivity contribution in [2.24, 2.45) is 0 Å². The molecule has 0 bridgehead atoms. The van der Waals surface area contributed by atoms with Crippen LogP contribution in [-0.4, -0.2) is 10.5 Å². The Bertz CT molecular complexity index is 846. The molecule has 1 aromatic heterocycles. The van der Waals surface area contributed by atoms with Crippen LogP contribution in [0.5, 0.6) is 0 Å². The predicted molar refractivity (Wildman–Crippen MR) is 100 cm³/mol. The Labute approximate surface area is 142 Å². The minimum absolute atomic E-state index is 0.0390. The molecule has 0 saturated carbocycles. The fourth-order valence-corrected chi connectivity index (χ4v) is 2.78. The van der Waals surface area contributed by atoms with Crippen LogP contribution in [0.4, 0.5) is 5.82 Å². The van der Waals surface area contributed by atoms with E-state index in [0.29, 0.717) is 0 Å². The molecule has 118 valence electrons. The van der Waals surface area contributed by atoms with Crippen molar-refractivity contribution in [3.63, 3.8) is 0 Å². The van der Waals surface area contributed by atoms with Gasteiger partial charge in [-0.15, -0.1) is 0 Å². The molecule has 23 heavy (non-hydrogen) atoms. The monoisotopic (exact) mass is 324 g/mol. The summed E-state index contributed by atoms with van der Waals surface area (Å²) >= 11 is 6.04. The van der Waals surface area contributed by atoms with Gasteiger partial charge in [0, 0.05) is 15.9 Å². The molecule has 1 heterocycles. The van der Waals surface area contributed by atoms with E-state index in [1.54, 1.807) is 0 Å². The van der Waals surface area contributed by atoms with Crippen LogP contribution in [0.3, 0.4) is 0 Å². The second-order valence-corrected chi connectivity index (χ2v) is 7.39. The zero-order chi connectivity index (χ0) is 16.6. The Hall–Kier alpha value is -2.06. The van der Waals surface area contributed by atoms with Gasteiger partial charge in [-0.2, -0.15) is 0 Å². The third kappa shape index (κ3) is 3.65. The van der Waals surface area contributed by atoms with Gasteiger partial charge in [0.2, 0.25) is 0 Å². The number of anilines is 1. The van der Waals surface area contributed by atoms with E-state index in [2.05, 4.69) is 69.4 Å². The Morgan fingerprint density at radius 2 is 1.65 bits per heavy atom. The molecule has 0 atom stereocenters. The van der Waals surface area contributed by atoms with Crippen LogP contribution < -0.4 is 5.32 Å². The smallest absolute Gasteiger partial charge is 0.127 e. The maximum atomic E-state index is 6.04. The van der Waals surface area contributed by atoms with E-state index >= 15 is 0 Å². The molecule has 0 aliphatic rings. The minimum Gasteiger partial charge on any atom is -0.365 e. The van der Waals surface area contributed by atoms with Gasteiger partial charge in [0.05, 0.1) is 5.52 Å². The summed E-state index contributed by atoms with van der Waals surface area (Å²) in [5.74, 6) is 0.888. The molecule has 0 amide bonds. The minimum atomic E-state index is -0.0390. The van der Waals surface area contributed by atoms with Gasteiger partial charge in [-0.05, 0) is 69.2 Å². The van der Waals surface area contributed by atoms with Crippen molar-refractivity contribution >= 4 is 28.3 Å². The van der Waals surface area contributed by atoms with E-state index < -0.39 is 0 Å². The summed E-state index contributed by atoms with van der Waals surface area (Å²) < 4.78 is 0. The molecule has 0 unspecified atom stereocenters. The number of hydrogen-bond acceptors (Lipinski definition) is 2. The molecular formula is C20H21ClN2. The number of halogens is 1. The molecule has 3 aromatic rings. The highest BCUT2D eigenvalue weighted by molar-refractivity contribution is 6.30. The Morgan fingerprint density at radius 1 is 0.957 bits per heavy atom. The first-order chi connectivity index (χ1) is 10.8. The number of aryl methyl sites for hydroxylation is 1. The van der Waals surface area contributed by atoms with Crippen LogP contribution in [0.25, 0.3) is 22.0 Å². The van der Waals surface area contributed by atoms with E-state index in [-0.39, 0.29) is 5.54 Å². The van der Waals surface area contributed by atoms with Gasteiger partial charge in [-0.3, -0.25) is 0 Å². The average molecular weight is 325 g/mol. The summed E-state index contributed by atoms with van der Waals surface area (Å²) in [7, 11) is 0. The quantitative estimate of drug-likeness (QED) is 0.618. The molecule has 0 aliphatic carbocycles. The normalized spacial score (nSPS) is 11.7. The van der Waals surface area contributed by atoms with E-state index in [1.807, 2.05) is 12.1 Å². The highest BCUT2D eigenvalue weighted by Gasteiger charge is 2.13. The summed E-state index contributed by atoms with van der Waals surface area (Å²) in [5.41, 5.74) is 4.50. The summed E-state index contributed by atoms with van der Waals surface area (Å²) in [6, 6.07) is 16.5. The Morgan fingerprint density at radius 3 is 2.30 bits per heavy atom. The van der Waals surface area contributed by atoms with Gasteiger partial charge in [0.1, 0.15) is 5.82 Å². The average Bonchev–Trinajstić information content (AvgIpc) is 2.46. The van der Waals surface area contributed by atoms with E-state index in [1.165, 1.54) is 11.1 Å². The van der Waals surface area contributed by atoms with Crippen LogP contribution in [-0.2, 0) is 0 Å². The van der Waals surface area contributed by atoms with E-state index in [0.717, 1.165) is 27.3 Å². The second kappa shape index (κ2) is 5.86. The van der Waals surface area contributed by atoms with Crippen molar-refractivity contribution in [1.29, 1.82) is 0 Å². The van der Waals surface area contributed by atoms with Crippen LogP contribution in [0.1, 0.15) is 26.3 Å². The largest absolute Gasteiger partial charge is 0.365 e. The summed E-state index contributed by atoms with van der Waals surface area (Å²) in [6.07, 6.45) is 0. The number of hydrogen-bond donors (Lipinski definition) is 1. The fraction of sp³-hybridized carbons (Fsp3) is 0.250. The standard InChI is InChI=1S/C20H21ClN2/c1-13-5-10-18-17(11-13)16(14-6-8-15(21)9-7-14)12-19(22-18)23-20(2,3)4/h5-12H,1-4H3,(H,22,23). The van der Waals surface area contributed by atoms with Gasteiger partial charge in [0.15, 0.2) is 0 Å². The molecule has 1 N–H and O–H groups in total.